The molecule has 0 radical (unpaired) electrons. The van der Waals surface area contributed by atoms with Gasteiger partial charge in [-0.25, -0.2) is 13.1 Å². The topological polar surface area (TPSA) is 66.5 Å². The third-order valence-electron chi connectivity index (χ3n) is 4.81. The molecule has 1 aliphatic carbocycles. The van der Waals surface area contributed by atoms with Crippen molar-refractivity contribution in [1.29, 1.82) is 0 Å². The maximum atomic E-state index is 12.9. The number of amides is 1. The number of rotatable bonds is 4. The number of sulfonamides is 1. The van der Waals surface area contributed by atoms with E-state index in [1.807, 2.05) is 17.0 Å². The Morgan fingerprint density at radius 1 is 1.22 bits per heavy atom. The molecule has 0 aromatic heterocycles. The van der Waals surface area contributed by atoms with Gasteiger partial charge in [-0.05, 0) is 61.8 Å². The fraction of sp³-hybridized carbons (Fsp3) is 0.588. The number of nitrogens with zero attached hydrogens (tertiary/aromatic N) is 1. The molecule has 1 saturated heterocycles. The van der Waals surface area contributed by atoms with Crippen LogP contribution in [0.3, 0.4) is 0 Å². The number of fused-ring (bicyclic) bond motifs is 1. The molecule has 1 N–H and O–H groups in total. The van der Waals surface area contributed by atoms with Crippen LogP contribution in [0.15, 0.2) is 18.2 Å². The second-order valence-electron chi connectivity index (χ2n) is 6.61. The van der Waals surface area contributed by atoms with Crippen molar-refractivity contribution in [3.8, 4) is 0 Å². The van der Waals surface area contributed by atoms with Crippen LogP contribution >= 0.6 is 0 Å². The van der Waals surface area contributed by atoms with Crippen molar-refractivity contribution in [2.75, 3.05) is 19.3 Å². The van der Waals surface area contributed by atoms with Gasteiger partial charge in [-0.3, -0.25) is 4.79 Å². The first-order valence-corrected chi connectivity index (χ1v) is 10.2. The van der Waals surface area contributed by atoms with Gasteiger partial charge >= 0.3 is 0 Å². The van der Waals surface area contributed by atoms with Crippen LogP contribution in [0.4, 0.5) is 0 Å². The van der Waals surface area contributed by atoms with E-state index in [1.54, 1.807) is 0 Å². The quantitative estimate of drug-likeness (QED) is 0.910. The zero-order valence-electron chi connectivity index (χ0n) is 13.5. The zero-order valence-corrected chi connectivity index (χ0v) is 14.4. The van der Waals surface area contributed by atoms with Gasteiger partial charge in [-0.15, -0.1) is 0 Å². The van der Waals surface area contributed by atoms with Crippen molar-refractivity contribution >= 4 is 15.9 Å². The Morgan fingerprint density at radius 2 is 2.00 bits per heavy atom. The van der Waals surface area contributed by atoms with E-state index >= 15 is 0 Å². The van der Waals surface area contributed by atoms with E-state index in [0.29, 0.717) is 13.1 Å². The molecular weight excluding hydrogens is 312 g/mol. The summed E-state index contributed by atoms with van der Waals surface area (Å²) in [7, 11) is -3.23. The van der Waals surface area contributed by atoms with Gasteiger partial charge in [0.2, 0.25) is 10.0 Å². The van der Waals surface area contributed by atoms with Crippen molar-refractivity contribution in [2.45, 2.75) is 44.6 Å². The summed E-state index contributed by atoms with van der Waals surface area (Å²) < 4.78 is 25.2. The van der Waals surface area contributed by atoms with Gasteiger partial charge in [0.1, 0.15) is 0 Å². The number of likely N-dealkylation sites (tertiary alicyclic amines) is 1. The minimum atomic E-state index is -3.23. The average molecular weight is 336 g/mol. The number of piperidine rings is 1. The lowest BCUT2D eigenvalue weighted by atomic mass is 9.99. The minimum absolute atomic E-state index is 0.0275. The molecule has 2 aliphatic rings. The van der Waals surface area contributed by atoms with E-state index in [-0.39, 0.29) is 11.9 Å². The number of hydrogen-bond donors (Lipinski definition) is 1. The highest BCUT2D eigenvalue weighted by Crippen LogP contribution is 2.25. The van der Waals surface area contributed by atoms with E-state index in [4.69, 9.17) is 0 Å². The van der Waals surface area contributed by atoms with Crippen LogP contribution in [0, 0.1) is 0 Å². The standard InChI is InChI=1S/C17H24N2O3S/c1-23(21,22)18-12-16-7-2-3-10-19(16)17(20)15-9-8-13-5-4-6-14(13)11-15/h8-9,11,16,18H,2-7,10,12H2,1H3. The van der Waals surface area contributed by atoms with E-state index in [9.17, 15) is 13.2 Å². The minimum Gasteiger partial charge on any atom is -0.334 e. The predicted molar refractivity (Wildman–Crippen MR) is 90.0 cm³/mol. The zero-order chi connectivity index (χ0) is 16.4. The molecule has 23 heavy (non-hydrogen) atoms. The van der Waals surface area contributed by atoms with Gasteiger partial charge in [-0.1, -0.05) is 6.07 Å². The number of carbonyl (C=O) groups is 1. The highest BCUT2D eigenvalue weighted by Gasteiger charge is 2.28. The number of aryl methyl sites for hydroxylation is 2. The number of nitrogens with one attached hydrogen (secondary N) is 1. The summed E-state index contributed by atoms with van der Waals surface area (Å²) in [5.74, 6) is 0.0275. The lowest BCUT2D eigenvalue weighted by Gasteiger charge is -2.36. The molecule has 1 unspecified atom stereocenters. The van der Waals surface area contributed by atoms with Crippen LogP contribution in [-0.2, 0) is 22.9 Å². The molecule has 0 saturated carbocycles. The van der Waals surface area contributed by atoms with E-state index < -0.39 is 10.0 Å². The Morgan fingerprint density at radius 3 is 2.78 bits per heavy atom. The molecule has 1 amide bonds. The summed E-state index contributed by atoms with van der Waals surface area (Å²) in [6.45, 7) is 1.00. The SMILES string of the molecule is CS(=O)(=O)NCC1CCCCN1C(=O)c1ccc2c(c1)CCC2. The lowest BCUT2D eigenvalue weighted by Crippen LogP contribution is -2.49. The van der Waals surface area contributed by atoms with Crippen molar-refractivity contribution < 1.29 is 13.2 Å². The molecule has 1 heterocycles. The Bertz CT molecular complexity index is 700. The Hall–Kier alpha value is -1.40. The van der Waals surface area contributed by atoms with Crippen LogP contribution in [0.25, 0.3) is 0 Å². The third-order valence-corrected chi connectivity index (χ3v) is 5.51. The van der Waals surface area contributed by atoms with Gasteiger partial charge in [0.25, 0.3) is 5.91 Å². The Kier molecular flexibility index (Phi) is 4.73. The van der Waals surface area contributed by atoms with Crippen LogP contribution in [0.5, 0.6) is 0 Å². The van der Waals surface area contributed by atoms with Crippen LogP contribution in [0.2, 0.25) is 0 Å². The fourth-order valence-electron chi connectivity index (χ4n) is 3.60. The number of benzene rings is 1. The molecule has 1 aliphatic heterocycles. The van der Waals surface area contributed by atoms with Crippen molar-refractivity contribution in [3.05, 3.63) is 34.9 Å². The molecule has 0 bridgehead atoms. The Labute approximate surface area is 138 Å². The monoisotopic (exact) mass is 336 g/mol. The van der Waals surface area contributed by atoms with Crippen LogP contribution < -0.4 is 4.72 Å². The second kappa shape index (κ2) is 6.61. The largest absolute Gasteiger partial charge is 0.334 e. The first kappa shape index (κ1) is 16.5. The maximum absolute atomic E-state index is 12.9. The van der Waals surface area contributed by atoms with Crippen molar-refractivity contribution in [2.24, 2.45) is 0 Å². The van der Waals surface area contributed by atoms with Gasteiger partial charge in [-0.2, -0.15) is 0 Å². The third kappa shape index (κ3) is 3.93. The van der Waals surface area contributed by atoms with Gasteiger partial charge in [0.15, 0.2) is 0 Å². The van der Waals surface area contributed by atoms with E-state index in [0.717, 1.165) is 50.3 Å². The number of hydrogen-bond acceptors (Lipinski definition) is 3. The lowest BCUT2D eigenvalue weighted by molar-refractivity contribution is 0.0618. The molecule has 3 rings (SSSR count). The smallest absolute Gasteiger partial charge is 0.254 e. The molecule has 5 nitrogen and oxygen atoms in total. The highest BCUT2D eigenvalue weighted by molar-refractivity contribution is 7.88. The summed E-state index contributed by atoms with van der Waals surface area (Å²) in [6.07, 6.45) is 7.33. The summed E-state index contributed by atoms with van der Waals surface area (Å²) in [4.78, 5) is 14.7. The molecule has 6 heteroatoms. The van der Waals surface area contributed by atoms with Gasteiger partial charge in [0.05, 0.1) is 6.26 Å². The summed E-state index contributed by atoms with van der Waals surface area (Å²) in [6, 6.07) is 5.96. The first-order chi connectivity index (χ1) is 10.9. The van der Waals surface area contributed by atoms with Gasteiger partial charge < -0.3 is 4.90 Å². The second-order valence-corrected chi connectivity index (χ2v) is 8.44. The molecule has 1 aromatic carbocycles. The maximum Gasteiger partial charge on any atom is 0.254 e. The molecular formula is C17H24N2O3S. The summed E-state index contributed by atoms with van der Waals surface area (Å²) >= 11 is 0. The van der Waals surface area contributed by atoms with Crippen molar-refractivity contribution in [3.63, 3.8) is 0 Å². The highest BCUT2D eigenvalue weighted by atomic mass is 32.2. The molecule has 0 spiro atoms. The summed E-state index contributed by atoms with van der Waals surface area (Å²) in [5.41, 5.74) is 3.38. The molecule has 1 fully saturated rings. The van der Waals surface area contributed by atoms with E-state index in [2.05, 4.69) is 10.8 Å². The predicted octanol–water partition coefficient (Wildman–Crippen LogP) is 1.72. The number of carbonyl (C=O) groups excluding carboxylic acids is 1. The Balaban J connectivity index is 1.75. The molecule has 1 aromatic rings. The normalized spacial score (nSPS) is 21.3. The van der Waals surface area contributed by atoms with Gasteiger partial charge in [0, 0.05) is 24.7 Å². The summed E-state index contributed by atoms with van der Waals surface area (Å²) in [5, 5.41) is 0. The van der Waals surface area contributed by atoms with Crippen LogP contribution in [0.1, 0.15) is 47.2 Å². The molecule has 1 atom stereocenters. The van der Waals surface area contributed by atoms with Crippen molar-refractivity contribution in [1.82, 2.24) is 9.62 Å². The molecule has 126 valence electrons. The average Bonchev–Trinajstić information content (AvgIpc) is 2.99. The van der Waals surface area contributed by atoms with Crippen LogP contribution in [-0.4, -0.2) is 44.6 Å². The van der Waals surface area contributed by atoms with E-state index in [1.165, 1.54) is 11.1 Å². The fourth-order valence-corrected chi connectivity index (χ4v) is 4.09. The first-order valence-electron chi connectivity index (χ1n) is 8.31.